The van der Waals surface area contributed by atoms with Gasteiger partial charge in [-0.15, -0.1) is 0 Å². The fourth-order valence-corrected chi connectivity index (χ4v) is 9.29. The number of pyridine rings is 2. The number of nitrogens with zero attached hydrogens (tertiary/aromatic N) is 2. The average Bonchev–Trinajstić information content (AvgIpc) is 3.84. The molecule has 1 saturated carbocycles. The molecule has 2 saturated heterocycles. The number of aromatic hydroxyl groups is 1. The van der Waals surface area contributed by atoms with Gasteiger partial charge in [0, 0.05) is 42.1 Å². The molecule has 2 aromatic carbocycles. The van der Waals surface area contributed by atoms with Crippen molar-refractivity contribution < 1.29 is 90.7 Å². The quantitative estimate of drug-likeness (QED) is 0.0227. The molecule has 83 heavy (non-hydrogen) atoms. The number of para-hydroxylation sites is 1. The third kappa shape index (κ3) is 18.9. The van der Waals surface area contributed by atoms with Crippen molar-refractivity contribution in [2.45, 2.75) is 115 Å². The molecule has 2 aromatic heterocycles. The number of hydrogen-bond acceptors (Lipinski definition) is 21. The second-order valence-corrected chi connectivity index (χ2v) is 20.6. The number of amides is 2. The van der Waals surface area contributed by atoms with Crippen molar-refractivity contribution >= 4 is 41.3 Å². The molecule has 0 bridgehead atoms. The van der Waals surface area contributed by atoms with Gasteiger partial charge in [0.15, 0.2) is 58.7 Å². The minimum atomic E-state index is -1.33. The summed E-state index contributed by atoms with van der Waals surface area (Å²) in [6.45, 7) is 5.89. The minimum Gasteiger partial charge on any atom is -0.503 e. The van der Waals surface area contributed by atoms with E-state index in [4.69, 9.17) is 73.2 Å². The van der Waals surface area contributed by atoms with Crippen molar-refractivity contribution in [2.24, 2.45) is 5.92 Å². The number of allylic oxidation sites excluding steroid dienone is 1. The van der Waals surface area contributed by atoms with Crippen LogP contribution in [-0.2, 0) is 58.7 Å². The molecule has 0 spiro atoms. The Bertz CT molecular complexity index is 2820. The Balaban J connectivity index is 0.913. The monoisotopic (exact) mass is 1180 g/mol. The normalized spacial score (nSPS) is 22.3. The van der Waals surface area contributed by atoms with Crippen LogP contribution in [0.1, 0.15) is 86.5 Å². The second kappa shape index (κ2) is 32.0. The highest BCUT2D eigenvalue weighted by Gasteiger charge is 2.40. The SMILES string of the molecule is COc1cc(CCOCC(=O)OCOc2c(OC)ccnc2C(=O)NC2COCC(OCC(C)C)C(Oc3cccc(Cl)c3)C(C)OC2=O)nc(C(=O)NC2COCC(Oc3ccccc3)C(OCC=C3CCCCC3)C(C)OC2=O)c1O. The van der Waals surface area contributed by atoms with Crippen LogP contribution in [0.15, 0.2) is 84.6 Å². The summed E-state index contributed by atoms with van der Waals surface area (Å²) in [4.78, 5) is 76.3. The van der Waals surface area contributed by atoms with Gasteiger partial charge >= 0.3 is 17.9 Å². The summed E-state index contributed by atoms with van der Waals surface area (Å²) in [5.74, 6) is -3.98. The van der Waals surface area contributed by atoms with Gasteiger partial charge < -0.3 is 77.3 Å². The van der Waals surface area contributed by atoms with E-state index in [1.165, 1.54) is 44.5 Å². The molecule has 24 heteroatoms. The fraction of sp³-hybridized carbons (Fsp3) is 0.508. The molecule has 8 atom stereocenters. The zero-order chi connectivity index (χ0) is 59.3. The van der Waals surface area contributed by atoms with Crippen LogP contribution in [0.4, 0.5) is 0 Å². The Morgan fingerprint density at radius 3 is 2.11 bits per heavy atom. The third-order valence-electron chi connectivity index (χ3n) is 13.4. The first-order chi connectivity index (χ1) is 40.1. The average molecular weight is 1180 g/mol. The first-order valence-electron chi connectivity index (χ1n) is 27.5. The Morgan fingerprint density at radius 1 is 0.771 bits per heavy atom. The van der Waals surface area contributed by atoms with Crippen LogP contribution in [0, 0.1) is 5.92 Å². The predicted octanol–water partition coefficient (Wildman–Crippen LogP) is 6.32. The van der Waals surface area contributed by atoms with Crippen LogP contribution in [-0.4, -0.2) is 167 Å². The molecule has 3 aliphatic rings. The summed E-state index contributed by atoms with van der Waals surface area (Å²) >= 11 is 6.22. The van der Waals surface area contributed by atoms with Crippen LogP contribution < -0.4 is 34.3 Å². The standard InChI is InChI=1S/C59H73ClN4O19/c1-35(2)28-77-47-31-74-29-44(59(70)81-37(4)54(47)83-42-19-13-16-39(60)26-42)64-57(68)51-55(45(71-5)20-23-61-51)79-34-78-49(65)33-73-24-22-40-27-46(72-6)52(66)50(62-40)56(67)63-43-30-75-32-48(82-41-17-11-8-12-18-41)53(36(3)80-58(43)69)76-25-21-38-14-9-7-10-15-38/h8,11-13,16-21,23,26-27,35-37,43-44,47-48,53-54,66H,7,9-10,14-15,22,24-25,28-34H2,1-6H3,(H,63,67)(H,64,68). The number of cyclic esters (lactones) is 2. The van der Waals surface area contributed by atoms with Gasteiger partial charge in [-0.2, -0.15) is 0 Å². The summed E-state index contributed by atoms with van der Waals surface area (Å²) in [6, 6.07) is 16.0. The van der Waals surface area contributed by atoms with Crippen molar-refractivity contribution in [1.82, 2.24) is 20.6 Å². The largest absolute Gasteiger partial charge is 0.503 e. The summed E-state index contributed by atoms with van der Waals surface area (Å²) in [7, 11) is 2.61. The Kier molecular flexibility index (Phi) is 24.4. The highest BCUT2D eigenvalue weighted by Crippen LogP contribution is 2.32. The lowest BCUT2D eigenvalue weighted by Crippen LogP contribution is -2.48. The predicted molar refractivity (Wildman–Crippen MR) is 297 cm³/mol. The van der Waals surface area contributed by atoms with Crippen LogP contribution in [0.25, 0.3) is 0 Å². The number of carbonyl (C=O) groups excluding carboxylic acids is 5. The lowest BCUT2D eigenvalue weighted by Gasteiger charge is -2.31. The van der Waals surface area contributed by atoms with E-state index in [1.54, 1.807) is 50.2 Å². The van der Waals surface area contributed by atoms with E-state index in [-0.39, 0.29) is 80.6 Å². The Morgan fingerprint density at radius 2 is 1.43 bits per heavy atom. The highest BCUT2D eigenvalue weighted by molar-refractivity contribution is 6.30. The van der Waals surface area contributed by atoms with Gasteiger partial charge in [-0.1, -0.05) is 67.8 Å². The Labute approximate surface area is 486 Å². The molecule has 23 nitrogen and oxygen atoms in total. The van der Waals surface area contributed by atoms with Crippen molar-refractivity contribution in [1.29, 1.82) is 0 Å². The summed E-state index contributed by atoms with van der Waals surface area (Å²) < 4.78 is 76.0. The molecule has 2 amide bonds. The van der Waals surface area contributed by atoms with Crippen LogP contribution in [0.5, 0.6) is 34.5 Å². The minimum absolute atomic E-state index is 0.0153. The van der Waals surface area contributed by atoms with Crippen molar-refractivity contribution in [3.63, 3.8) is 0 Å². The van der Waals surface area contributed by atoms with Crippen molar-refractivity contribution in [2.75, 3.05) is 73.9 Å². The summed E-state index contributed by atoms with van der Waals surface area (Å²) in [6.07, 6.45) is 4.20. The van der Waals surface area contributed by atoms with Gasteiger partial charge in [-0.05, 0) is 75.8 Å². The van der Waals surface area contributed by atoms with E-state index >= 15 is 0 Å². The first-order valence-corrected chi connectivity index (χ1v) is 27.9. The van der Waals surface area contributed by atoms with E-state index in [2.05, 4.69) is 26.7 Å². The van der Waals surface area contributed by atoms with Gasteiger partial charge in [-0.25, -0.2) is 24.4 Å². The number of esters is 3. The van der Waals surface area contributed by atoms with Crippen LogP contribution in [0.2, 0.25) is 5.02 Å². The molecule has 3 fully saturated rings. The number of halogens is 1. The van der Waals surface area contributed by atoms with Crippen molar-refractivity contribution in [3.8, 4) is 34.5 Å². The lowest BCUT2D eigenvalue weighted by molar-refractivity contribution is -0.161. The number of nitrogens with one attached hydrogen (secondary N) is 2. The molecule has 1 aliphatic carbocycles. The number of carbonyl (C=O) groups is 5. The van der Waals surface area contributed by atoms with Gasteiger partial charge in [0.25, 0.3) is 11.8 Å². The summed E-state index contributed by atoms with van der Waals surface area (Å²) in [5.41, 5.74) is 0.766. The maximum atomic E-state index is 13.8. The van der Waals surface area contributed by atoms with E-state index in [0.717, 1.165) is 25.7 Å². The highest BCUT2D eigenvalue weighted by atomic mass is 35.5. The van der Waals surface area contributed by atoms with Gasteiger partial charge in [0.05, 0.1) is 53.9 Å². The zero-order valence-corrected chi connectivity index (χ0v) is 48.1. The third-order valence-corrected chi connectivity index (χ3v) is 13.6. The smallest absolute Gasteiger partial charge is 0.334 e. The number of ether oxygens (including phenoxy) is 13. The number of rotatable bonds is 24. The van der Waals surface area contributed by atoms with Crippen LogP contribution in [0.3, 0.4) is 0 Å². The number of methoxy groups -OCH3 is 2. The molecular formula is C59H73ClN4O19. The molecule has 7 rings (SSSR count). The topological polar surface area (TPSA) is 275 Å². The van der Waals surface area contributed by atoms with Gasteiger partial charge in [-0.3, -0.25) is 9.59 Å². The molecule has 2 aliphatic heterocycles. The molecule has 4 aromatic rings. The number of hydrogen-bond donors (Lipinski definition) is 3. The van der Waals surface area contributed by atoms with Crippen molar-refractivity contribution in [3.05, 3.63) is 107 Å². The Hall–Kier alpha value is -7.28. The summed E-state index contributed by atoms with van der Waals surface area (Å²) in [5, 5.41) is 16.7. The maximum Gasteiger partial charge on any atom is 0.334 e. The van der Waals surface area contributed by atoms with E-state index < -0.39 is 103 Å². The molecule has 4 heterocycles. The second-order valence-electron chi connectivity index (χ2n) is 20.2. The number of benzene rings is 2. The maximum absolute atomic E-state index is 13.8. The molecule has 0 radical (unpaired) electrons. The zero-order valence-electron chi connectivity index (χ0n) is 47.4. The molecular weight excluding hydrogens is 1100 g/mol. The molecule has 8 unspecified atom stereocenters. The molecule has 450 valence electrons. The van der Waals surface area contributed by atoms with Crippen LogP contribution >= 0.6 is 11.6 Å². The van der Waals surface area contributed by atoms with Gasteiger partial charge in [0.1, 0.15) is 42.5 Å². The van der Waals surface area contributed by atoms with E-state index in [1.807, 2.05) is 32.0 Å². The lowest BCUT2D eigenvalue weighted by atomic mass is 9.95. The molecule has 3 N–H and O–H groups in total. The van der Waals surface area contributed by atoms with E-state index in [9.17, 15) is 29.1 Å². The van der Waals surface area contributed by atoms with E-state index in [0.29, 0.717) is 23.1 Å². The van der Waals surface area contributed by atoms with Gasteiger partial charge in [0.2, 0.25) is 6.79 Å². The first kappa shape index (κ1) is 63.3. The fourth-order valence-electron chi connectivity index (χ4n) is 9.11. The number of aromatic nitrogens is 2.